The third-order valence-electron chi connectivity index (χ3n) is 3.74. The molecule has 0 saturated heterocycles. The van der Waals surface area contributed by atoms with Crippen molar-refractivity contribution in [2.24, 2.45) is 0 Å². The maximum atomic E-state index is 12.5. The van der Waals surface area contributed by atoms with Gasteiger partial charge in [-0.05, 0) is 43.3 Å². The van der Waals surface area contributed by atoms with Crippen LogP contribution in [0.4, 0.5) is 18.9 Å². The summed E-state index contributed by atoms with van der Waals surface area (Å²) in [7, 11) is 0. The molecule has 0 fully saturated rings. The van der Waals surface area contributed by atoms with Gasteiger partial charge in [0.2, 0.25) is 6.79 Å². The van der Waals surface area contributed by atoms with E-state index in [-0.39, 0.29) is 12.4 Å². The lowest BCUT2D eigenvalue weighted by atomic mass is 10.1. The first kappa shape index (κ1) is 18.6. The quantitative estimate of drug-likeness (QED) is 0.819. The second-order valence-electron chi connectivity index (χ2n) is 5.68. The van der Waals surface area contributed by atoms with E-state index in [9.17, 15) is 22.8 Å². The Morgan fingerprint density at radius 1 is 1.07 bits per heavy atom. The van der Waals surface area contributed by atoms with Gasteiger partial charge in [-0.2, -0.15) is 13.2 Å². The summed E-state index contributed by atoms with van der Waals surface area (Å²) in [5.41, 5.74) is -0.556. The number of esters is 1. The van der Waals surface area contributed by atoms with Crippen molar-refractivity contribution in [2.45, 2.75) is 19.2 Å². The molecule has 0 unspecified atom stereocenters. The largest absolute Gasteiger partial charge is 0.454 e. The smallest absolute Gasteiger partial charge is 0.416 e. The number of carbonyl (C=O) groups is 2. The van der Waals surface area contributed by atoms with Gasteiger partial charge in [0.05, 0.1) is 11.1 Å². The second-order valence-corrected chi connectivity index (χ2v) is 5.68. The molecule has 142 valence electrons. The SMILES string of the molecule is C[C@@H](OC(=O)c1ccc(C(F)(F)F)cc1)C(=O)Nc1ccc2c(c1)OCO2. The van der Waals surface area contributed by atoms with Gasteiger partial charge in [-0.1, -0.05) is 0 Å². The summed E-state index contributed by atoms with van der Waals surface area (Å²) in [6.45, 7) is 1.44. The average Bonchev–Trinajstić information content (AvgIpc) is 3.08. The van der Waals surface area contributed by atoms with Crippen LogP contribution in [0.15, 0.2) is 42.5 Å². The Labute approximate surface area is 151 Å². The Balaban J connectivity index is 1.59. The standard InChI is InChI=1S/C18H14F3NO5/c1-10(16(23)22-13-6-7-14-15(8-13)26-9-25-14)27-17(24)11-2-4-12(5-3-11)18(19,20)21/h2-8,10H,9H2,1H3,(H,22,23)/t10-/m1/s1. The molecular formula is C18H14F3NO5. The molecule has 1 aliphatic heterocycles. The van der Waals surface area contributed by atoms with Gasteiger partial charge in [-0.25, -0.2) is 4.79 Å². The highest BCUT2D eigenvalue weighted by Gasteiger charge is 2.30. The molecule has 2 aromatic rings. The minimum absolute atomic E-state index is 0.0911. The molecule has 1 atom stereocenters. The van der Waals surface area contributed by atoms with Gasteiger partial charge in [0, 0.05) is 11.8 Å². The second kappa shape index (κ2) is 7.18. The number of fused-ring (bicyclic) bond motifs is 1. The number of nitrogens with one attached hydrogen (secondary N) is 1. The van der Waals surface area contributed by atoms with E-state index in [1.807, 2.05) is 0 Å². The number of alkyl halides is 3. The van der Waals surface area contributed by atoms with Gasteiger partial charge in [0.15, 0.2) is 17.6 Å². The molecule has 9 heteroatoms. The number of hydrogen-bond acceptors (Lipinski definition) is 5. The Morgan fingerprint density at radius 2 is 1.74 bits per heavy atom. The van der Waals surface area contributed by atoms with Crippen LogP contribution in [0, 0.1) is 0 Å². The zero-order valence-electron chi connectivity index (χ0n) is 14.0. The summed E-state index contributed by atoms with van der Waals surface area (Å²) in [5, 5.41) is 2.56. The summed E-state index contributed by atoms with van der Waals surface area (Å²) in [5.74, 6) is -0.483. The Kier molecular flexibility index (Phi) is 4.93. The summed E-state index contributed by atoms with van der Waals surface area (Å²) in [6.07, 6.45) is -5.66. The van der Waals surface area contributed by atoms with E-state index in [1.54, 1.807) is 18.2 Å². The normalized spacial score (nSPS) is 13.8. The summed E-state index contributed by atoms with van der Waals surface area (Å²) in [6, 6.07) is 8.31. The van der Waals surface area contributed by atoms with Crippen LogP contribution in [-0.2, 0) is 15.7 Å². The molecule has 0 saturated carbocycles. The van der Waals surface area contributed by atoms with Crippen molar-refractivity contribution in [3.05, 3.63) is 53.6 Å². The van der Waals surface area contributed by atoms with Crippen molar-refractivity contribution in [2.75, 3.05) is 12.1 Å². The molecule has 1 aliphatic rings. The summed E-state index contributed by atoms with van der Waals surface area (Å²) < 4.78 is 53.0. The van der Waals surface area contributed by atoms with E-state index in [1.165, 1.54) is 6.92 Å². The van der Waals surface area contributed by atoms with Crippen molar-refractivity contribution in [3.63, 3.8) is 0 Å². The van der Waals surface area contributed by atoms with E-state index in [0.717, 1.165) is 24.3 Å². The van der Waals surface area contributed by atoms with Crippen molar-refractivity contribution < 1.29 is 37.0 Å². The van der Waals surface area contributed by atoms with E-state index >= 15 is 0 Å². The Hall–Kier alpha value is -3.23. The van der Waals surface area contributed by atoms with Crippen molar-refractivity contribution in [1.29, 1.82) is 0 Å². The molecule has 27 heavy (non-hydrogen) atoms. The van der Waals surface area contributed by atoms with E-state index in [4.69, 9.17) is 14.2 Å². The summed E-state index contributed by atoms with van der Waals surface area (Å²) in [4.78, 5) is 24.2. The number of carbonyl (C=O) groups excluding carboxylic acids is 2. The predicted octanol–water partition coefficient (Wildman–Crippen LogP) is 3.62. The Bertz CT molecular complexity index is 864. The van der Waals surface area contributed by atoms with E-state index < -0.39 is 29.7 Å². The lowest BCUT2D eigenvalue weighted by Gasteiger charge is -2.14. The van der Waals surface area contributed by atoms with Crippen LogP contribution >= 0.6 is 0 Å². The van der Waals surface area contributed by atoms with E-state index in [2.05, 4.69) is 5.32 Å². The monoisotopic (exact) mass is 381 g/mol. The highest BCUT2D eigenvalue weighted by Crippen LogP contribution is 2.34. The molecule has 0 bridgehead atoms. The molecule has 3 rings (SSSR count). The number of halogens is 3. The first-order valence-corrected chi connectivity index (χ1v) is 7.83. The lowest BCUT2D eigenvalue weighted by Crippen LogP contribution is -2.30. The highest BCUT2D eigenvalue weighted by atomic mass is 19.4. The minimum Gasteiger partial charge on any atom is -0.454 e. The first-order valence-electron chi connectivity index (χ1n) is 7.83. The molecule has 2 aromatic carbocycles. The first-order chi connectivity index (χ1) is 12.7. The molecule has 1 heterocycles. The fourth-order valence-electron chi connectivity index (χ4n) is 2.30. The number of amides is 1. The van der Waals surface area contributed by atoms with Gasteiger partial charge in [-0.15, -0.1) is 0 Å². The fraction of sp³-hybridized carbons (Fsp3) is 0.222. The minimum atomic E-state index is -4.50. The van der Waals surface area contributed by atoms with Crippen LogP contribution in [0.2, 0.25) is 0 Å². The lowest BCUT2D eigenvalue weighted by molar-refractivity contribution is -0.137. The van der Waals surface area contributed by atoms with Crippen LogP contribution in [0.1, 0.15) is 22.8 Å². The highest BCUT2D eigenvalue weighted by molar-refractivity contribution is 5.97. The van der Waals surface area contributed by atoms with Crippen LogP contribution in [0.25, 0.3) is 0 Å². The molecule has 1 N–H and O–H groups in total. The number of hydrogen-bond donors (Lipinski definition) is 1. The number of anilines is 1. The number of benzene rings is 2. The maximum absolute atomic E-state index is 12.5. The fourth-order valence-corrected chi connectivity index (χ4v) is 2.30. The zero-order chi connectivity index (χ0) is 19.6. The topological polar surface area (TPSA) is 73.9 Å². The van der Waals surface area contributed by atoms with Gasteiger partial charge in [-0.3, -0.25) is 4.79 Å². The maximum Gasteiger partial charge on any atom is 0.416 e. The molecule has 0 radical (unpaired) electrons. The molecule has 6 nitrogen and oxygen atoms in total. The molecule has 0 spiro atoms. The van der Waals surface area contributed by atoms with Gasteiger partial charge in [0.1, 0.15) is 0 Å². The molecule has 1 amide bonds. The van der Waals surface area contributed by atoms with Crippen LogP contribution in [0.3, 0.4) is 0 Å². The van der Waals surface area contributed by atoms with Crippen molar-refractivity contribution in [1.82, 2.24) is 0 Å². The van der Waals surface area contributed by atoms with Crippen LogP contribution in [0.5, 0.6) is 11.5 Å². The van der Waals surface area contributed by atoms with Crippen molar-refractivity contribution in [3.8, 4) is 11.5 Å². The third kappa shape index (κ3) is 4.30. The molecular weight excluding hydrogens is 367 g/mol. The zero-order valence-corrected chi connectivity index (χ0v) is 14.0. The van der Waals surface area contributed by atoms with Crippen molar-refractivity contribution >= 4 is 17.6 Å². The van der Waals surface area contributed by atoms with Gasteiger partial charge < -0.3 is 19.5 Å². The average molecular weight is 381 g/mol. The molecule has 0 aromatic heterocycles. The van der Waals surface area contributed by atoms with Crippen LogP contribution in [-0.4, -0.2) is 24.8 Å². The van der Waals surface area contributed by atoms with Gasteiger partial charge in [0.25, 0.3) is 5.91 Å². The molecule has 0 aliphatic carbocycles. The van der Waals surface area contributed by atoms with Gasteiger partial charge >= 0.3 is 12.1 Å². The number of ether oxygens (including phenoxy) is 3. The number of rotatable bonds is 4. The van der Waals surface area contributed by atoms with Crippen LogP contribution < -0.4 is 14.8 Å². The summed E-state index contributed by atoms with van der Waals surface area (Å²) >= 11 is 0. The van der Waals surface area contributed by atoms with E-state index in [0.29, 0.717) is 17.2 Å². The predicted molar refractivity (Wildman–Crippen MR) is 87.5 cm³/mol. The Morgan fingerprint density at radius 3 is 2.41 bits per heavy atom. The third-order valence-corrected chi connectivity index (χ3v) is 3.74.